The summed E-state index contributed by atoms with van der Waals surface area (Å²) in [5.74, 6) is -1.22. The average molecular weight is 475 g/mol. The van der Waals surface area contributed by atoms with Gasteiger partial charge in [-0.1, -0.05) is 36.5 Å². The first-order valence-corrected chi connectivity index (χ1v) is 10.2. The van der Waals surface area contributed by atoms with Crippen molar-refractivity contribution in [2.75, 3.05) is 6.54 Å². The van der Waals surface area contributed by atoms with Crippen molar-refractivity contribution in [3.05, 3.63) is 70.9 Å². The number of thiocarbonyl (C=S) groups is 1. The molecule has 0 unspecified atom stereocenters. The molecule has 0 bridgehead atoms. The number of aromatic nitrogens is 2. The van der Waals surface area contributed by atoms with Gasteiger partial charge in [0.1, 0.15) is 11.4 Å². The molecule has 1 heterocycles. The Kier molecular flexibility index (Phi) is 6.97. The Morgan fingerprint density at radius 1 is 1.18 bits per heavy atom. The zero-order valence-corrected chi connectivity index (χ0v) is 18.5. The van der Waals surface area contributed by atoms with Crippen LogP contribution in [0.25, 0.3) is 11.3 Å². The van der Waals surface area contributed by atoms with Crippen LogP contribution in [0.5, 0.6) is 5.75 Å². The molecule has 0 aliphatic rings. The third-order valence-corrected chi connectivity index (χ3v) is 5.19. The molecule has 1 aromatic heterocycles. The number of rotatable bonds is 7. The standard InChI is InChI=1S/C23H20F3N3O3S/c1-13(27-12-18(33)11-14-4-3-5-16(10-14)22(31)32)19-21(30)20(29(2)28-19)15-6-8-17(9-7-15)23(24,25)26/h3-10,30H,11-12H2,1-2H3,(H,31,32). The molecule has 0 saturated carbocycles. The number of hydrogen-bond acceptors (Lipinski definition) is 5. The summed E-state index contributed by atoms with van der Waals surface area (Å²) in [4.78, 5) is 16.0. The van der Waals surface area contributed by atoms with Gasteiger partial charge in [-0.3, -0.25) is 9.67 Å². The van der Waals surface area contributed by atoms with Gasteiger partial charge in [0, 0.05) is 23.9 Å². The Bertz CT molecular complexity index is 1230. The third-order valence-electron chi connectivity index (χ3n) is 4.92. The van der Waals surface area contributed by atoms with Crippen molar-refractivity contribution in [2.45, 2.75) is 19.5 Å². The Morgan fingerprint density at radius 2 is 1.85 bits per heavy atom. The van der Waals surface area contributed by atoms with E-state index in [9.17, 15) is 23.1 Å². The molecule has 2 aromatic carbocycles. The summed E-state index contributed by atoms with van der Waals surface area (Å²) in [6.07, 6.45) is -4.09. The molecule has 0 radical (unpaired) electrons. The second kappa shape index (κ2) is 9.53. The van der Waals surface area contributed by atoms with Crippen molar-refractivity contribution in [1.82, 2.24) is 9.78 Å². The lowest BCUT2D eigenvalue weighted by atomic mass is 10.1. The number of carboxylic acids is 1. The van der Waals surface area contributed by atoms with Crippen LogP contribution >= 0.6 is 12.2 Å². The van der Waals surface area contributed by atoms with E-state index in [-0.39, 0.29) is 29.2 Å². The largest absolute Gasteiger partial charge is 0.504 e. The van der Waals surface area contributed by atoms with Crippen LogP contribution < -0.4 is 0 Å². The number of benzene rings is 2. The molecule has 0 fully saturated rings. The van der Waals surface area contributed by atoms with Crippen LogP contribution in [0.15, 0.2) is 53.5 Å². The number of nitrogens with zero attached hydrogens (tertiary/aromatic N) is 3. The molecule has 0 aliphatic heterocycles. The lowest BCUT2D eigenvalue weighted by Gasteiger charge is -2.08. The number of hydrogen-bond donors (Lipinski definition) is 2. The summed E-state index contributed by atoms with van der Waals surface area (Å²) in [6, 6.07) is 10.9. The van der Waals surface area contributed by atoms with Gasteiger partial charge in [-0.2, -0.15) is 18.3 Å². The van der Waals surface area contributed by atoms with E-state index in [2.05, 4.69) is 10.1 Å². The fraction of sp³-hybridized carbons (Fsp3) is 0.217. The minimum Gasteiger partial charge on any atom is -0.504 e. The van der Waals surface area contributed by atoms with Gasteiger partial charge in [0.15, 0.2) is 5.75 Å². The topological polar surface area (TPSA) is 87.7 Å². The smallest absolute Gasteiger partial charge is 0.416 e. The molecule has 2 N–H and O–H groups in total. The predicted octanol–water partition coefficient (Wildman–Crippen LogP) is 4.93. The van der Waals surface area contributed by atoms with E-state index in [0.717, 1.165) is 17.7 Å². The molecule has 0 spiro atoms. The van der Waals surface area contributed by atoms with Crippen LogP contribution in [0.3, 0.4) is 0 Å². The van der Waals surface area contributed by atoms with E-state index >= 15 is 0 Å². The maximum absolute atomic E-state index is 12.8. The van der Waals surface area contributed by atoms with E-state index in [1.54, 1.807) is 32.2 Å². The molecule has 3 rings (SSSR count). The summed E-state index contributed by atoms with van der Waals surface area (Å²) in [5.41, 5.74) is 1.38. The molecular weight excluding hydrogens is 455 g/mol. The number of aromatic carboxylic acids is 1. The number of alkyl halides is 3. The maximum Gasteiger partial charge on any atom is 0.416 e. The highest BCUT2D eigenvalue weighted by molar-refractivity contribution is 7.80. The molecule has 0 saturated heterocycles. The number of aliphatic imine (C=N–C) groups is 1. The predicted molar refractivity (Wildman–Crippen MR) is 122 cm³/mol. The summed E-state index contributed by atoms with van der Waals surface area (Å²) >= 11 is 5.36. The van der Waals surface area contributed by atoms with Crippen molar-refractivity contribution >= 4 is 28.8 Å². The minimum absolute atomic E-state index is 0.157. The summed E-state index contributed by atoms with van der Waals surface area (Å²) in [7, 11) is 1.57. The van der Waals surface area contributed by atoms with Crippen LogP contribution in [0.2, 0.25) is 0 Å². The molecule has 3 aromatic rings. The highest BCUT2D eigenvalue weighted by Crippen LogP contribution is 2.35. The van der Waals surface area contributed by atoms with Crippen molar-refractivity contribution < 1.29 is 28.2 Å². The number of aromatic hydroxyl groups is 1. The van der Waals surface area contributed by atoms with Gasteiger partial charge in [0.2, 0.25) is 0 Å². The van der Waals surface area contributed by atoms with Crippen molar-refractivity contribution in [2.24, 2.45) is 12.0 Å². The number of aryl methyl sites for hydroxylation is 1. The van der Waals surface area contributed by atoms with Crippen molar-refractivity contribution in [1.29, 1.82) is 0 Å². The first kappa shape index (κ1) is 24.1. The van der Waals surface area contributed by atoms with Crippen molar-refractivity contribution in [3.8, 4) is 17.0 Å². The molecule has 33 heavy (non-hydrogen) atoms. The molecule has 172 valence electrons. The number of carboxylic acid groups (broad SMARTS) is 1. The van der Waals surface area contributed by atoms with E-state index in [1.165, 1.54) is 22.9 Å². The second-order valence-electron chi connectivity index (χ2n) is 7.37. The Hall–Kier alpha value is -3.53. The van der Waals surface area contributed by atoms with E-state index in [1.807, 2.05) is 0 Å². The first-order valence-electron chi connectivity index (χ1n) is 9.76. The molecular formula is C23H20F3N3O3S. The normalized spacial score (nSPS) is 12.1. The number of carbonyl (C=O) groups is 1. The highest BCUT2D eigenvalue weighted by Gasteiger charge is 2.30. The lowest BCUT2D eigenvalue weighted by molar-refractivity contribution is -0.137. The summed E-state index contributed by atoms with van der Waals surface area (Å²) in [6.45, 7) is 1.80. The van der Waals surface area contributed by atoms with Crippen LogP contribution in [0.1, 0.15) is 34.1 Å². The Labute approximate surface area is 193 Å². The zero-order valence-electron chi connectivity index (χ0n) is 17.7. The fourth-order valence-electron chi connectivity index (χ4n) is 3.28. The monoisotopic (exact) mass is 475 g/mol. The average Bonchev–Trinajstić information content (AvgIpc) is 3.05. The van der Waals surface area contributed by atoms with E-state index < -0.39 is 17.7 Å². The molecule has 6 nitrogen and oxygen atoms in total. The zero-order chi connectivity index (χ0) is 24.3. The van der Waals surface area contributed by atoms with Crippen LogP contribution in [0, 0.1) is 0 Å². The van der Waals surface area contributed by atoms with Crippen molar-refractivity contribution in [3.63, 3.8) is 0 Å². The second-order valence-corrected chi connectivity index (χ2v) is 7.94. The maximum atomic E-state index is 12.8. The number of halogens is 3. The van der Waals surface area contributed by atoms with Crippen LogP contribution in [-0.2, 0) is 19.6 Å². The van der Waals surface area contributed by atoms with Gasteiger partial charge in [0.25, 0.3) is 0 Å². The van der Waals surface area contributed by atoms with Crippen LogP contribution in [0.4, 0.5) is 13.2 Å². The van der Waals surface area contributed by atoms with Gasteiger partial charge < -0.3 is 10.2 Å². The molecule has 10 heteroatoms. The minimum atomic E-state index is -4.45. The SMILES string of the molecule is CC(=NCC(=S)Cc1cccc(C(=O)O)c1)c1nn(C)c(-c2ccc(C(F)(F)F)cc2)c1O. The molecule has 0 amide bonds. The highest BCUT2D eigenvalue weighted by atomic mass is 32.1. The van der Waals surface area contributed by atoms with Gasteiger partial charge in [0.05, 0.1) is 23.4 Å². The first-order chi connectivity index (χ1) is 15.5. The van der Waals surface area contributed by atoms with E-state index in [0.29, 0.717) is 22.6 Å². The Morgan fingerprint density at radius 3 is 2.45 bits per heavy atom. The van der Waals surface area contributed by atoms with Gasteiger partial charge in [-0.25, -0.2) is 4.79 Å². The van der Waals surface area contributed by atoms with Crippen LogP contribution in [-0.4, -0.2) is 43.1 Å². The molecule has 0 aliphatic carbocycles. The Balaban J connectivity index is 1.76. The molecule has 0 atom stereocenters. The quantitative estimate of drug-likeness (QED) is 0.374. The summed E-state index contributed by atoms with van der Waals surface area (Å²) < 4.78 is 39.8. The fourth-order valence-corrected chi connectivity index (χ4v) is 3.51. The van der Waals surface area contributed by atoms with Gasteiger partial charge in [-0.15, -0.1) is 0 Å². The van der Waals surface area contributed by atoms with E-state index in [4.69, 9.17) is 17.3 Å². The third kappa shape index (κ3) is 5.64. The summed E-state index contributed by atoms with van der Waals surface area (Å²) in [5, 5.41) is 24.0. The lowest BCUT2D eigenvalue weighted by Crippen LogP contribution is -2.08. The van der Waals surface area contributed by atoms with Gasteiger partial charge >= 0.3 is 12.1 Å². The van der Waals surface area contributed by atoms with Gasteiger partial charge in [-0.05, 0) is 36.8 Å².